The average Bonchev–Trinajstić information content (AvgIpc) is 2.65. The molecule has 2 rings (SSSR count). The van der Waals surface area contributed by atoms with Gasteiger partial charge in [0.25, 0.3) is 11.6 Å². The van der Waals surface area contributed by atoms with Crippen LogP contribution in [-0.4, -0.2) is 43.4 Å². The van der Waals surface area contributed by atoms with Gasteiger partial charge in [-0.3, -0.25) is 14.9 Å². The summed E-state index contributed by atoms with van der Waals surface area (Å²) in [5.74, 6) is -0.601. The number of nitro groups is 1. The van der Waals surface area contributed by atoms with Crippen LogP contribution < -0.4 is 5.43 Å². The Morgan fingerprint density at radius 1 is 1.11 bits per heavy atom. The molecule has 0 heterocycles. The number of hydrogen-bond donors (Lipinski definition) is 1. The average molecular weight is 390 g/mol. The van der Waals surface area contributed by atoms with Crippen LogP contribution in [0, 0.1) is 10.1 Å². The number of nitrogens with one attached hydrogen (secondary N) is 1. The fourth-order valence-electron chi connectivity index (χ4n) is 2.12. The summed E-state index contributed by atoms with van der Waals surface area (Å²) in [6.45, 7) is 1.59. The molecule has 0 saturated heterocycles. The second kappa shape index (κ2) is 8.06. The van der Waals surface area contributed by atoms with Crippen molar-refractivity contribution in [3.8, 4) is 0 Å². The topological polar surface area (TPSA) is 122 Å². The highest BCUT2D eigenvalue weighted by Crippen LogP contribution is 2.15. The Labute approximate surface area is 156 Å². The minimum Gasteiger partial charge on any atom is -0.267 e. The summed E-state index contributed by atoms with van der Waals surface area (Å²) in [5, 5.41) is 14.8. The van der Waals surface area contributed by atoms with Crippen molar-refractivity contribution in [1.29, 1.82) is 0 Å². The van der Waals surface area contributed by atoms with Gasteiger partial charge in [0, 0.05) is 37.4 Å². The summed E-state index contributed by atoms with van der Waals surface area (Å²) < 4.78 is 25.4. The molecule has 1 N–H and O–H groups in total. The first-order valence-corrected chi connectivity index (χ1v) is 9.19. The number of non-ortho nitro benzene ring substituents is 1. The van der Waals surface area contributed by atoms with E-state index in [0.29, 0.717) is 11.3 Å². The van der Waals surface area contributed by atoms with Crippen molar-refractivity contribution in [2.24, 2.45) is 5.10 Å². The summed E-state index contributed by atoms with van der Waals surface area (Å²) in [7, 11) is -0.871. The van der Waals surface area contributed by atoms with Crippen molar-refractivity contribution < 1.29 is 18.1 Å². The Morgan fingerprint density at radius 3 is 2.37 bits per heavy atom. The van der Waals surface area contributed by atoms with Crippen LogP contribution in [0.5, 0.6) is 0 Å². The zero-order valence-electron chi connectivity index (χ0n) is 14.9. The van der Waals surface area contributed by atoms with Gasteiger partial charge >= 0.3 is 0 Å². The van der Waals surface area contributed by atoms with Crippen molar-refractivity contribution >= 4 is 27.3 Å². The van der Waals surface area contributed by atoms with E-state index in [2.05, 4.69) is 10.5 Å². The molecule has 0 radical (unpaired) electrons. The molecule has 0 aliphatic carbocycles. The highest BCUT2D eigenvalue weighted by Gasteiger charge is 2.18. The highest BCUT2D eigenvalue weighted by molar-refractivity contribution is 7.89. The molecule has 0 saturated carbocycles. The van der Waals surface area contributed by atoms with Gasteiger partial charge in [-0.05, 0) is 25.1 Å². The molecule has 0 unspecified atom stereocenters. The fourth-order valence-corrected chi connectivity index (χ4v) is 3.06. The number of amides is 1. The van der Waals surface area contributed by atoms with E-state index < -0.39 is 20.9 Å². The molecular formula is C17H18N4O5S. The first-order valence-electron chi connectivity index (χ1n) is 7.75. The summed E-state index contributed by atoms with van der Waals surface area (Å²) in [4.78, 5) is 22.6. The van der Waals surface area contributed by atoms with Gasteiger partial charge in [0.15, 0.2) is 0 Å². The Hall–Kier alpha value is -3.11. The lowest BCUT2D eigenvalue weighted by Crippen LogP contribution is -2.23. The molecule has 0 aliphatic rings. The maximum Gasteiger partial charge on any atom is 0.271 e. The molecule has 2 aromatic carbocycles. The van der Waals surface area contributed by atoms with Crippen molar-refractivity contribution in [3.63, 3.8) is 0 Å². The lowest BCUT2D eigenvalue weighted by Gasteiger charge is -2.12. The fraction of sp³-hybridized carbons (Fsp3) is 0.176. The van der Waals surface area contributed by atoms with E-state index in [1.54, 1.807) is 13.0 Å². The molecule has 0 atom stereocenters. The number of nitro benzene ring substituents is 1. The van der Waals surface area contributed by atoms with Gasteiger partial charge in [0.1, 0.15) is 0 Å². The third-order valence-electron chi connectivity index (χ3n) is 3.67. The van der Waals surface area contributed by atoms with E-state index >= 15 is 0 Å². The Morgan fingerprint density at radius 2 is 1.74 bits per heavy atom. The largest absolute Gasteiger partial charge is 0.271 e. The van der Waals surface area contributed by atoms with Gasteiger partial charge in [-0.2, -0.15) is 5.10 Å². The number of carbonyl (C=O) groups is 1. The van der Waals surface area contributed by atoms with Crippen LogP contribution in [0.15, 0.2) is 58.5 Å². The summed E-state index contributed by atoms with van der Waals surface area (Å²) >= 11 is 0. The number of rotatable bonds is 6. The maximum absolute atomic E-state index is 12.3. The van der Waals surface area contributed by atoms with Crippen LogP contribution in [-0.2, 0) is 10.0 Å². The number of sulfonamides is 1. The second-order valence-corrected chi connectivity index (χ2v) is 7.91. The van der Waals surface area contributed by atoms with Crippen molar-refractivity contribution in [2.75, 3.05) is 14.1 Å². The van der Waals surface area contributed by atoms with Crippen LogP contribution in [0.1, 0.15) is 22.8 Å². The quantitative estimate of drug-likeness (QED) is 0.459. The van der Waals surface area contributed by atoms with Crippen LogP contribution in [0.25, 0.3) is 0 Å². The van der Waals surface area contributed by atoms with Crippen LogP contribution >= 0.6 is 0 Å². The molecule has 0 bridgehead atoms. The third kappa shape index (κ3) is 4.74. The smallest absolute Gasteiger partial charge is 0.267 e. The van der Waals surface area contributed by atoms with E-state index in [1.807, 2.05) is 0 Å². The molecule has 0 spiro atoms. The summed E-state index contributed by atoms with van der Waals surface area (Å²) in [5.41, 5.74) is 3.20. The van der Waals surface area contributed by atoms with E-state index in [9.17, 15) is 23.3 Å². The monoisotopic (exact) mass is 390 g/mol. The molecule has 9 nitrogen and oxygen atoms in total. The first-order chi connectivity index (χ1) is 12.6. The predicted molar refractivity (Wildman–Crippen MR) is 100 cm³/mol. The second-order valence-electron chi connectivity index (χ2n) is 5.76. The SMILES string of the molecule is C/C(=N/NC(=O)c1cccc(S(=O)(=O)N(C)C)c1)c1cccc([N+](=O)[O-])c1. The van der Waals surface area contributed by atoms with Gasteiger partial charge in [0.2, 0.25) is 10.0 Å². The number of carbonyl (C=O) groups excluding carboxylic acids is 1. The van der Waals surface area contributed by atoms with Crippen molar-refractivity contribution in [1.82, 2.24) is 9.73 Å². The van der Waals surface area contributed by atoms with Gasteiger partial charge < -0.3 is 0 Å². The Balaban J connectivity index is 2.22. The van der Waals surface area contributed by atoms with E-state index in [1.165, 1.54) is 56.6 Å². The van der Waals surface area contributed by atoms with Crippen molar-refractivity contribution in [2.45, 2.75) is 11.8 Å². The molecule has 10 heteroatoms. The molecule has 0 fully saturated rings. The third-order valence-corrected chi connectivity index (χ3v) is 5.49. The minimum atomic E-state index is -3.67. The Bertz CT molecular complexity index is 1020. The highest BCUT2D eigenvalue weighted by atomic mass is 32.2. The Kier molecular flexibility index (Phi) is 6.03. The van der Waals surface area contributed by atoms with Gasteiger partial charge in [0.05, 0.1) is 15.5 Å². The number of hydrazone groups is 1. The van der Waals surface area contributed by atoms with Crippen LogP contribution in [0.4, 0.5) is 5.69 Å². The van der Waals surface area contributed by atoms with E-state index in [4.69, 9.17) is 0 Å². The zero-order valence-corrected chi connectivity index (χ0v) is 15.7. The van der Waals surface area contributed by atoms with Crippen molar-refractivity contribution in [3.05, 3.63) is 69.8 Å². The number of hydrogen-bond acceptors (Lipinski definition) is 6. The van der Waals surface area contributed by atoms with E-state index in [-0.39, 0.29) is 16.1 Å². The molecule has 1 amide bonds. The predicted octanol–water partition coefficient (Wildman–Crippen LogP) is 2.00. The lowest BCUT2D eigenvalue weighted by atomic mass is 10.1. The van der Waals surface area contributed by atoms with Crippen LogP contribution in [0.2, 0.25) is 0 Å². The molecule has 0 aliphatic heterocycles. The zero-order chi connectivity index (χ0) is 20.2. The molecule has 142 valence electrons. The van der Waals surface area contributed by atoms with Gasteiger partial charge in [-0.1, -0.05) is 18.2 Å². The van der Waals surface area contributed by atoms with Gasteiger partial charge in [-0.15, -0.1) is 0 Å². The molecule has 0 aromatic heterocycles. The maximum atomic E-state index is 12.3. The lowest BCUT2D eigenvalue weighted by molar-refractivity contribution is -0.384. The van der Waals surface area contributed by atoms with Gasteiger partial charge in [-0.25, -0.2) is 18.1 Å². The number of benzene rings is 2. The van der Waals surface area contributed by atoms with Crippen LogP contribution in [0.3, 0.4) is 0 Å². The van der Waals surface area contributed by atoms with E-state index in [0.717, 1.165) is 4.31 Å². The molecule has 2 aromatic rings. The first kappa shape index (κ1) is 20.2. The minimum absolute atomic E-state index is 0.0143. The summed E-state index contributed by atoms with van der Waals surface area (Å²) in [6, 6.07) is 11.4. The number of nitrogens with zero attached hydrogens (tertiary/aromatic N) is 3. The standard InChI is InChI=1S/C17H18N4O5S/c1-12(13-6-4-8-15(10-13)21(23)24)18-19-17(22)14-7-5-9-16(11-14)27(25,26)20(2)3/h4-11H,1-3H3,(H,19,22)/b18-12-. The summed E-state index contributed by atoms with van der Waals surface area (Å²) in [6.07, 6.45) is 0. The normalized spacial score (nSPS) is 12.1. The molecular weight excluding hydrogens is 372 g/mol. The molecule has 27 heavy (non-hydrogen) atoms.